The van der Waals surface area contributed by atoms with Gasteiger partial charge in [-0.05, 0) is 0 Å². The third-order valence-corrected chi connectivity index (χ3v) is 0.405. The summed E-state index contributed by atoms with van der Waals surface area (Å²) >= 11 is 0. The predicted molar refractivity (Wildman–Crippen MR) is 30.0 cm³/mol. The normalized spacial score (nSPS) is 9.25. The van der Waals surface area contributed by atoms with Crippen molar-refractivity contribution in [1.29, 1.82) is 0 Å². The number of nitrogens with zero attached hydrogens (tertiary/aromatic N) is 2. The Labute approximate surface area is 48.4 Å². The van der Waals surface area contributed by atoms with E-state index >= 15 is 0 Å². The first-order valence-electron chi connectivity index (χ1n) is 2.25. The van der Waals surface area contributed by atoms with Crippen LogP contribution in [-0.2, 0) is 4.70 Å². The molecule has 0 aliphatic heterocycles. The molecule has 0 heterocycles. The van der Waals surface area contributed by atoms with Gasteiger partial charge in [-0.2, -0.15) is 0 Å². The molecule has 6 heteroatoms. The van der Waals surface area contributed by atoms with Gasteiger partial charge in [0.25, 0.3) is 0 Å². The minimum absolute atomic E-state index is 0.0326. The molecule has 0 aromatic heterocycles. The van der Waals surface area contributed by atoms with Gasteiger partial charge in [0.15, 0.2) is 0 Å². The van der Waals surface area contributed by atoms with Crippen LogP contribution in [-0.4, -0.2) is 25.7 Å². The van der Waals surface area contributed by atoms with Crippen molar-refractivity contribution in [2.75, 3.05) is 6.44 Å². The fourth-order valence-corrected chi connectivity index (χ4v) is 0.199. The van der Waals surface area contributed by atoms with Crippen LogP contribution >= 0.6 is 0 Å². The Morgan fingerprint density at radius 2 is 2.50 bits per heavy atom. The van der Waals surface area contributed by atoms with Crippen molar-refractivity contribution in [3.8, 4) is 0 Å². The van der Waals surface area contributed by atoms with Crippen LogP contribution < -0.4 is 0 Å². The Balaban J connectivity index is 3.19. The van der Waals surface area contributed by atoms with E-state index in [9.17, 15) is 4.70 Å². The Morgan fingerprint density at radius 1 is 1.88 bits per heavy atom. The fourth-order valence-electron chi connectivity index (χ4n) is 0.199. The van der Waals surface area contributed by atoms with Gasteiger partial charge >= 0.3 is 47.3 Å². The van der Waals surface area contributed by atoms with Crippen LogP contribution in [0.25, 0.3) is 0 Å². The number of hydrogen-bond donors (Lipinski definition) is 1. The molecule has 0 fully saturated rings. The first-order chi connectivity index (χ1) is 3.77. The van der Waals surface area contributed by atoms with Crippen molar-refractivity contribution in [3.05, 3.63) is 0 Å². The van der Waals surface area contributed by atoms with Crippen LogP contribution in [0.4, 0.5) is 0 Å². The Morgan fingerprint density at radius 3 is 2.88 bits per heavy atom. The average molecular weight is 112 g/mol. The van der Waals surface area contributed by atoms with E-state index < -0.39 is 7.05 Å². The molecular formula is C2H6B2N2O2. The molecule has 1 N–H and O–H groups in total. The quantitative estimate of drug-likeness (QED) is 0.397. The second-order valence-corrected chi connectivity index (χ2v) is 1.24. The van der Waals surface area contributed by atoms with Crippen molar-refractivity contribution < 1.29 is 9.73 Å². The van der Waals surface area contributed by atoms with Gasteiger partial charge < -0.3 is 0 Å². The van der Waals surface area contributed by atoms with E-state index in [-0.39, 0.29) is 6.44 Å². The van der Waals surface area contributed by atoms with Gasteiger partial charge in [0.05, 0.1) is 0 Å². The van der Waals surface area contributed by atoms with E-state index in [1.165, 1.54) is 6.82 Å². The van der Waals surface area contributed by atoms with Crippen molar-refractivity contribution in [2.24, 2.45) is 10.1 Å². The van der Waals surface area contributed by atoms with E-state index in [4.69, 9.17) is 5.02 Å². The van der Waals surface area contributed by atoms with Gasteiger partial charge in [-0.25, -0.2) is 0 Å². The fraction of sp³-hybridized carbons (Fsp3) is 1.00. The predicted octanol–water partition coefficient (Wildman–Crippen LogP) is -0.444. The summed E-state index contributed by atoms with van der Waals surface area (Å²) in [5, 5.41) is 15.0. The van der Waals surface area contributed by atoms with Gasteiger partial charge in [0, 0.05) is 0 Å². The molecule has 0 atom stereocenters. The molecular weight excluding hydrogens is 106 g/mol. The molecule has 0 rings (SSSR count). The SMILES string of the molecule is CB(O)/N=N/CB=O. The Kier molecular flexibility index (Phi) is 4.35. The van der Waals surface area contributed by atoms with Crippen LogP contribution in [0.3, 0.4) is 0 Å². The zero-order valence-corrected chi connectivity index (χ0v) is 4.61. The topological polar surface area (TPSA) is 62.0 Å². The van der Waals surface area contributed by atoms with Crippen LogP contribution in [0.15, 0.2) is 10.1 Å². The monoisotopic (exact) mass is 112 g/mol. The Bertz CT molecular complexity index is 94.0. The maximum absolute atomic E-state index is 9.55. The summed E-state index contributed by atoms with van der Waals surface area (Å²) < 4.78 is 9.55. The Hall–Kier alpha value is -0.510. The summed E-state index contributed by atoms with van der Waals surface area (Å²) in [6, 6.07) is 0. The summed E-state index contributed by atoms with van der Waals surface area (Å²) in [6.45, 7) is 1.47. The molecule has 4 nitrogen and oxygen atoms in total. The standard InChI is InChI=1S/C2H6B2N2O2/c1-4(8)6-5-2-3-7/h8H,2H2,1H3/b6-5+. The molecule has 0 saturated carbocycles. The van der Waals surface area contributed by atoms with Gasteiger partial charge in [-0.1, -0.05) is 0 Å². The van der Waals surface area contributed by atoms with E-state index in [0.717, 1.165) is 0 Å². The van der Waals surface area contributed by atoms with Crippen LogP contribution in [0.1, 0.15) is 0 Å². The van der Waals surface area contributed by atoms with Crippen LogP contribution in [0.2, 0.25) is 6.82 Å². The van der Waals surface area contributed by atoms with Crippen LogP contribution in [0, 0.1) is 0 Å². The molecule has 0 amide bonds. The van der Waals surface area contributed by atoms with E-state index in [2.05, 4.69) is 10.1 Å². The summed E-state index contributed by atoms with van der Waals surface area (Å²) in [4.78, 5) is 0. The van der Waals surface area contributed by atoms with Gasteiger partial charge in [-0.3, -0.25) is 0 Å². The average Bonchev–Trinajstić information content (AvgIpc) is 1.66. The summed E-state index contributed by atoms with van der Waals surface area (Å²) in [5.74, 6) is 0. The van der Waals surface area contributed by atoms with Crippen molar-refractivity contribution in [2.45, 2.75) is 6.82 Å². The zero-order valence-electron chi connectivity index (χ0n) is 4.61. The minimum atomic E-state index is -0.796. The van der Waals surface area contributed by atoms with Gasteiger partial charge in [-0.15, -0.1) is 0 Å². The van der Waals surface area contributed by atoms with Crippen LogP contribution in [0.5, 0.6) is 0 Å². The van der Waals surface area contributed by atoms with Crippen molar-refractivity contribution >= 4 is 14.2 Å². The summed E-state index contributed by atoms with van der Waals surface area (Å²) in [7, 11) is -0.179. The number of rotatable bonds is 3. The van der Waals surface area contributed by atoms with E-state index in [0.29, 0.717) is 7.15 Å². The molecule has 0 aromatic rings. The molecule has 0 radical (unpaired) electrons. The summed E-state index contributed by atoms with van der Waals surface area (Å²) in [6.07, 6.45) is 0.0326. The second-order valence-electron chi connectivity index (χ2n) is 1.24. The first-order valence-corrected chi connectivity index (χ1v) is 2.25. The van der Waals surface area contributed by atoms with E-state index in [1.807, 2.05) is 0 Å². The molecule has 42 valence electrons. The van der Waals surface area contributed by atoms with E-state index in [1.54, 1.807) is 0 Å². The molecule has 8 heavy (non-hydrogen) atoms. The van der Waals surface area contributed by atoms with Crippen molar-refractivity contribution in [1.82, 2.24) is 0 Å². The molecule has 0 bridgehead atoms. The maximum atomic E-state index is 9.55. The molecule has 0 aliphatic rings. The third-order valence-electron chi connectivity index (χ3n) is 0.405. The molecule has 0 spiro atoms. The van der Waals surface area contributed by atoms with Gasteiger partial charge in [0.2, 0.25) is 0 Å². The van der Waals surface area contributed by atoms with Gasteiger partial charge in [0.1, 0.15) is 0 Å². The molecule has 0 unspecified atom stereocenters. The molecule has 0 aliphatic carbocycles. The summed E-state index contributed by atoms with van der Waals surface area (Å²) in [5.41, 5.74) is 0. The van der Waals surface area contributed by atoms with Crippen molar-refractivity contribution in [3.63, 3.8) is 0 Å². The second kappa shape index (κ2) is 4.64. The molecule has 0 saturated heterocycles. The third kappa shape index (κ3) is 5.49. The first kappa shape index (κ1) is 7.49. The molecule has 0 aromatic carbocycles. The zero-order chi connectivity index (χ0) is 6.41. The number of hydrogen-bond acceptors (Lipinski definition) is 4.